The van der Waals surface area contributed by atoms with E-state index in [2.05, 4.69) is 19.9 Å². The highest BCUT2D eigenvalue weighted by molar-refractivity contribution is 6.29. The molecule has 3 heterocycles. The van der Waals surface area contributed by atoms with Crippen molar-refractivity contribution in [1.29, 1.82) is 0 Å². The number of halogens is 2. The Kier molecular flexibility index (Phi) is 5.19. The fourth-order valence-corrected chi connectivity index (χ4v) is 2.73. The Balaban J connectivity index is 0.000000880. The first-order valence-corrected chi connectivity index (χ1v) is 8.41. The quantitative estimate of drug-likeness (QED) is 0.641. The van der Waals surface area contributed by atoms with E-state index in [4.69, 9.17) is 11.6 Å². The molecular formula is C18H17ClFN5. The van der Waals surface area contributed by atoms with Gasteiger partial charge in [0.2, 0.25) is 5.95 Å². The predicted octanol–water partition coefficient (Wildman–Crippen LogP) is 4.27. The van der Waals surface area contributed by atoms with Crippen LogP contribution in [0.1, 0.15) is 25.0 Å². The fourth-order valence-electron chi connectivity index (χ4n) is 2.59. The molecule has 0 saturated heterocycles. The van der Waals surface area contributed by atoms with Gasteiger partial charge in [-0.15, -0.1) is 0 Å². The van der Waals surface area contributed by atoms with Crippen LogP contribution < -0.4 is 4.90 Å². The van der Waals surface area contributed by atoms with Crippen LogP contribution in [-0.4, -0.2) is 19.9 Å². The maximum absolute atomic E-state index is 13.3. The molecule has 1 aromatic carbocycles. The highest BCUT2D eigenvalue weighted by atomic mass is 35.5. The Morgan fingerprint density at radius 2 is 1.72 bits per heavy atom. The number of nitrogens with zero attached hydrogens (tertiary/aromatic N) is 5. The maximum Gasteiger partial charge on any atom is 0.226 e. The highest BCUT2D eigenvalue weighted by Crippen LogP contribution is 2.27. The van der Waals surface area contributed by atoms with E-state index in [0.29, 0.717) is 35.7 Å². The second-order valence-electron chi connectivity index (χ2n) is 5.21. The first-order valence-electron chi connectivity index (χ1n) is 8.03. The second-order valence-corrected chi connectivity index (χ2v) is 5.60. The van der Waals surface area contributed by atoms with E-state index in [-0.39, 0.29) is 5.82 Å². The molecule has 0 spiro atoms. The lowest BCUT2D eigenvalue weighted by atomic mass is 10.1. The summed E-state index contributed by atoms with van der Waals surface area (Å²) in [4.78, 5) is 19.1. The normalized spacial score (nSPS) is 12.4. The zero-order valence-electron chi connectivity index (χ0n) is 13.9. The van der Waals surface area contributed by atoms with Gasteiger partial charge in [0.25, 0.3) is 0 Å². The van der Waals surface area contributed by atoms with Crippen molar-refractivity contribution in [2.45, 2.75) is 26.9 Å². The number of aromatic nitrogens is 4. The van der Waals surface area contributed by atoms with Crippen LogP contribution >= 0.6 is 11.6 Å². The van der Waals surface area contributed by atoms with Gasteiger partial charge in [-0.25, -0.2) is 24.3 Å². The van der Waals surface area contributed by atoms with E-state index in [1.165, 1.54) is 6.07 Å². The van der Waals surface area contributed by atoms with Gasteiger partial charge in [0, 0.05) is 25.5 Å². The summed E-state index contributed by atoms with van der Waals surface area (Å²) in [5, 5.41) is 0.360. The van der Waals surface area contributed by atoms with E-state index in [1.807, 2.05) is 18.7 Å². The lowest BCUT2D eigenvalue weighted by Crippen LogP contribution is -2.17. The van der Waals surface area contributed by atoms with Gasteiger partial charge in [0.15, 0.2) is 5.82 Å². The lowest BCUT2D eigenvalue weighted by Gasteiger charge is -2.15. The van der Waals surface area contributed by atoms with Crippen molar-refractivity contribution in [2.75, 3.05) is 4.90 Å². The highest BCUT2D eigenvalue weighted by Gasteiger charge is 2.22. The minimum absolute atomic E-state index is 0.229. The van der Waals surface area contributed by atoms with Gasteiger partial charge in [-0.3, -0.25) is 0 Å². The van der Waals surface area contributed by atoms with Crippen LogP contribution in [-0.2, 0) is 13.1 Å². The van der Waals surface area contributed by atoms with Crippen molar-refractivity contribution in [2.24, 2.45) is 0 Å². The molecule has 25 heavy (non-hydrogen) atoms. The fraction of sp³-hybridized carbons (Fsp3) is 0.222. The summed E-state index contributed by atoms with van der Waals surface area (Å²) >= 11 is 5.90. The summed E-state index contributed by atoms with van der Waals surface area (Å²) in [5.41, 5.74) is 2.64. The van der Waals surface area contributed by atoms with Crippen LogP contribution in [0.15, 0.2) is 42.7 Å². The molecule has 0 saturated carbocycles. The molecule has 1 aliphatic heterocycles. The maximum atomic E-state index is 13.3. The van der Waals surface area contributed by atoms with Crippen LogP contribution in [0, 0.1) is 5.82 Å². The van der Waals surface area contributed by atoms with Crippen molar-refractivity contribution in [1.82, 2.24) is 19.9 Å². The zero-order chi connectivity index (χ0) is 17.8. The molecule has 1 aliphatic rings. The van der Waals surface area contributed by atoms with Gasteiger partial charge >= 0.3 is 0 Å². The third-order valence-electron chi connectivity index (χ3n) is 3.67. The SMILES string of the molecule is CC.Fc1ccc2c(c1)CN(c1nccc(-c3nccc(Cl)n3)n1)C2. The standard InChI is InChI=1S/C16H11ClFN5.C2H6/c17-14-4-6-19-15(22-14)13-3-5-20-16(21-13)23-8-10-1-2-12(18)7-11(10)9-23;1-2/h1-7H,8-9H2;1-2H3. The molecule has 0 radical (unpaired) electrons. The molecule has 3 aromatic rings. The number of rotatable bonds is 2. The van der Waals surface area contributed by atoms with Crippen molar-refractivity contribution in [3.05, 3.63) is 64.8 Å². The van der Waals surface area contributed by atoms with Crippen LogP contribution in [0.4, 0.5) is 10.3 Å². The predicted molar refractivity (Wildman–Crippen MR) is 95.7 cm³/mol. The van der Waals surface area contributed by atoms with Gasteiger partial charge in [-0.2, -0.15) is 0 Å². The van der Waals surface area contributed by atoms with E-state index in [9.17, 15) is 4.39 Å². The monoisotopic (exact) mass is 357 g/mol. The van der Waals surface area contributed by atoms with Gasteiger partial charge in [-0.1, -0.05) is 31.5 Å². The van der Waals surface area contributed by atoms with Gasteiger partial charge < -0.3 is 4.90 Å². The van der Waals surface area contributed by atoms with Crippen LogP contribution in [0.5, 0.6) is 0 Å². The van der Waals surface area contributed by atoms with Gasteiger partial charge in [-0.05, 0) is 35.4 Å². The Morgan fingerprint density at radius 3 is 2.52 bits per heavy atom. The molecular weight excluding hydrogens is 341 g/mol. The third kappa shape index (κ3) is 3.74. The van der Waals surface area contributed by atoms with Crippen LogP contribution in [0.25, 0.3) is 11.5 Å². The average Bonchev–Trinajstić information content (AvgIpc) is 3.07. The zero-order valence-corrected chi connectivity index (χ0v) is 14.7. The lowest BCUT2D eigenvalue weighted by molar-refractivity contribution is 0.626. The summed E-state index contributed by atoms with van der Waals surface area (Å²) in [6, 6.07) is 8.17. The minimum Gasteiger partial charge on any atom is -0.332 e. The molecule has 2 aromatic heterocycles. The number of anilines is 1. The molecule has 0 bridgehead atoms. The average molecular weight is 358 g/mol. The van der Waals surface area contributed by atoms with Crippen LogP contribution in [0.2, 0.25) is 5.15 Å². The second kappa shape index (κ2) is 7.53. The van der Waals surface area contributed by atoms with E-state index >= 15 is 0 Å². The molecule has 0 unspecified atom stereocenters. The summed E-state index contributed by atoms with van der Waals surface area (Å²) in [7, 11) is 0. The smallest absolute Gasteiger partial charge is 0.226 e. The molecule has 0 N–H and O–H groups in total. The van der Waals surface area contributed by atoms with Gasteiger partial charge in [0.1, 0.15) is 16.7 Å². The number of fused-ring (bicyclic) bond motifs is 1. The van der Waals surface area contributed by atoms with Crippen molar-refractivity contribution >= 4 is 17.5 Å². The van der Waals surface area contributed by atoms with E-state index in [1.54, 1.807) is 36.7 Å². The Hall–Kier alpha value is -2.60. The summed E-state index contributed by atoms with van der Waals surface area (Å²) in [5.74, 6) is 0.777. The third-order valence-corrected chi connectivity index (χ3v) is 3.88. The van der Waals surface area contributed by atoms with E-state index in [0.717, 1.165) is 11.1 Å². The molecule has 4 rings (SSSR count). The van der Waals surface area contributed by atoms with Crippen LogP contribution in [0.3, 0.4) is 0 Å². The Morgan fingerprint density at radius 1 is 0.960 bits per heavy atom. The molecule has 5 nitrogen and oxygen atoms in total. The minimum atomic E-state index is -0.229. The summed E-state index contributed by atoms with van der Waals surface area (Å²) in [6.45, 7) is 5.22. The summed E-state index contributed by atoms with van der Waals surface area (Å²) in [6.07, 6.45) is 3.24. The van der Waals surface area contributed by atoms with Crippen molar-refractivity contribution < 1.29 is 4.39 Å². The molecule has 0 fully saturated rings. The number of hydrogen-bond acceptors (Lipinski definition) is 5. The van der Waals surface area contributed by atoms with Gasteiger partial charge in [0.05, 0.1) is 0 Å². The van der Waals surface area contributed by atoms with Crippen molar-refractivity contribution in [3.63, 3.8) is 0 Å². The number of hydrogen-bond donors (Lipinski definition) is 0. The largest absolute Gasteiger partial charge is 0.332 e. The molecule has 0 atom stereocenters. The van der Waals surface area contributed by atoms with E-state index < -0.39 is 0 Å². The topological polar surface area (TPSA) is 54.8 Å². The van der Waals surface area contributed by atoms with Crippen molar-refractivity contribution in [3.8, 4) is 11.5 Å². The molecule has 0 amide bonds. The summed E-state index contributed by atoms with van der Waals surface area (Å²) < 4.78 is 13.3. The molecule has 7 heteroatoms. The molecule has 128 valence electrons. The Labute approximate surface area is 150 Å². The first kappa shape index (κ1) is 17.2. The number of benzene rings is 1. The first-order chi connectivity index (χ1) is 12.2. The molecule has 0 aliphatic carbocycles. The Bertz CT molecular complexity index is 887.